The van der Waals surface area contributed by atoms with E-state index in [0.717, 1.165) is 35.5 Å². The van der Waals surface area contributed by atoms with Crippen LogP contribution in [0.3, 0.4) is 0 Å². The van der Waals surface area contributed by atoms with E-state index < -0.39 is 0 Å². The van der Waals surface area contributed by atoms with E-state index in [-0.39, 0.29) is 0 Å². The van der Waals surface area contributed by atoms with Gasteiger partial charge in [-0.05, 0) is 50.3 Å². The minimum atomic E-state index is 0.426. The zero-order valence-corrected chi connectivity index (χ0v) is 13.3. The average molecular weight is 284 g/mol. The van der Waals surface area contributed by atoms with Gasteiger partial charge in [0.2, 0.25) is 0 Å². The van der Waals surface area contributed by atoms with Crippen molar-refractivity contribution < 1.29 is 0 Å². The van der Waals surface area contributed by atoms with Gasteiger partial charge in [0.25, 0.3) is 0 Å². The number of rotatable bonds is 5. The molecule has 1 saturated carbocycles. The minimum absolute atomic E-state index is 0.426. The molecule has 21 heavy (non-hydrogen) atoms. The average Bonchev–Trinajstić information content (AvgIpc) is 3.23. The van der Waals surface area contributed by atoms with Crippen LogP contribution in [-0.2, 0) is 6.54 Å². The van der Waals surface area contributed by atoms with Crippen LogP contribution in [-0.4, -0.2) is 20.6 Å². The van der Waals surface area contributed by atoms with Crippen LogP contribution in [0.1, 0.15) is 55.3 Å². The fraction of sp³-hybridized carbons (Fsp3) is 0.529. The van der Waals surface area contributed by atoms with Gasteiger partial charge in [0, 0.05) is 24.0 Å². The van der Waals surface area contributed by atoms with Gasteiger partial charge in [-0.3, -0.25) is 4.57 Å². The molecule has 1 aliphatic rings. The van der Waals surface area contributed by atoms with Crippen molar-refractivity contribution in [1.29, 1.82) is 0 Å². The van der Waals surface area contributed by atoms with Crippen LogP contribution in [0.25, 0.3) is 5.82 Å². The monoisotopic (exact) mass is 284 g/mol. The number of nitrogens with one attached hydrogen (secondary N) is 1. The van der Waals surface area contributed by atoms with Crippen LogP contribution >= 0.6 is 0 Å². The molecule has 1 fully saturated rings. The Bertz CT molecular complexity index is 638. The first kappa shape index (κ1) is 14.3. The number of hydrogen-bond donors (Lipinski definition) is 1. The van der Waals surface area contributed by atoms with Crippen LogP contribution in [0.4, 0.5) is 0 Å². The van der Waals surface area contributed by atoms with Crippen LogP contribution in [0.5, 0.6) is 0 Å². The van der Waals surface area contributed by atoms with Crippen molar-refractivity contribution >= 4 is 0 Å². The van der Waals surface area contributed by atoms with Gasteiger partial charge < -0.3 is 5.32 Å². The molecular formula is C17H24N4. The van der Waals surface area contributed by atoms with Crippen molar-refractivity contribution in [2.75, 3.05) is 0 Å². The van der Waals surface area contributed by atoms with Gasteiger partial charge in [0.05, 0.1) is 5.69 Å². The quantitative estimate of drug-likeness (QED) is 0.916. The number of pyridine rings is 1. The molecule has 112 valence electrons. The zero-order valence-electron chi connectivity index (χ0n) is 13.3. The highest BCUT2D eigenvalue weighted by atomic mass is 15.1. The van der Waals surface area contributed by atoms with E-state index in [4.69, 9.17) is 4.98 Å². The summed E-state index contributed by atoms with van der Waals surface area (Å²) in [6.45, 7) is 9.43. The molecule has 0 aromatic carbocycles. The maximum atomic E-state index is 4.82. The number of nitrogens with zero attached hydrogens (tertiary/aromatic N) is 3. The summed E-state index contributed by atoms with van der Waals surface area (Å²) < 4.78 is 2.09. The van der Waals surface area contributed by atoms with Crippen LogP contribution in [0.2, 0.25) is 0 Å². The molecule has 2 aromatic heterocycles. The van der Waals surface area contributed by atoms with Crippen LogP contribution < -0.4 is 5.32 Å². The molecule has 4 heteroatoms. The highest BCUT2D eigenvalue weighted by Gasteiger charge is 2.20. The molecule has 0 bridgehead atoms. The molecule has 3 rings (SSSR count). The Kier molecular flexibility index (Phi) is 3.81. The molecule has 2 heterocycles. The van der Waals surface area contributed by atoms with Crippen molar-refractivity contribution in [2.45, 2.75) is 59.0 Å². The molecular weight excluding hydrogens is 260 g/mol. The van der Waals surface area contributed by atoms with Gasteiger partial charge in [-0.15, -0.1) is 0 Å². The third kappa shape index (κ3) is 3.16. The number of aryl methyl sites for hydroxylation is 1. The lowest BCUT2D eigenvalue weighted by Gasteiger charge is -2.13. The van der Waals surface area contributed by atoms with Gasteiger partial charge >= 0.3 is 0 Å². The Hall–Kier alpha value is -1.68. The molecule has 0 spiro atoms. The first-order valence-electron chi connectivity index (χ1n) is 7.79. The summed E-state index contributed by atoms with van der Waals surface area (Å²) in [6.07, 6.45) is 4.50. The van der Waals surface area contributed by atoms with Crippen LogP contribution in [0.15, 0.2) is 18.5 Å². The van der Waals surface area contributed by atoms with E-state index in [1.54, 1.807) is 0 Å². The summed E-state index contributed by atoms with van der Waals surface area (Å²) >= 11 is 0. The Morgan fingerprint density at radius 3 is 2.62 bits per heavy atom. The van der Waals surface area contributed by atoms with Crippen LogP contribution in [0, 0.1) is 13.8 Å². The summed E-state index contributed by atoms with van der Waals surface area (Å²) in [6, 6.07) is 5.12. The SMILES string of the molecule is Cc1ncn(-c2cc(CNC3CC3)cc(C(C)C)n2)c1C. The largest absolute Gasteiger partial charge is 0.310 e. The Labute approximate surface area is 126 Å². The lowest BCUT2D eigenvalue weighted by Crippen LogP contribution is -2.16. The summed E-state index contributed by atoms with van der Waals surface area (Å²) in [4.78, 5) is 9.20. The fourth-order valence-electron chi connectivity index (χ4n) is 2.39. The summed E-state index contributed by atoms with van der Waals surface area (Å²) in [5.41, 5.74) is 4.67. The van der Waals surface area contributed by atoms with Crippen molar-refractivity contribution in [1.82, 2.24) is 19.9 Å². The van der Waals surface area contributed by atoms with Crippen molar-refractivity contribution in [3.63, 3.8) is 0 Å². The first-order valence-corrected chi connectivity index (χ1v) is 7.79. The van der Waals surface area contributed by atoms with E-state index in [0.29, 0.717) is 5.92 Å². The summed E-state index contributed by atoms with van der Waals surface area (Å²) in [5, 5.41) is 3.58. The van der Waals surface area contributed by atoms with Gasteiger partial charge in [-0.1, -0.05) is 13.8 Å². The van der Waals surface area contributed by atoms with Crippen molar-refractivity contribution in [3.8, 4) is 5.82 Å². The number of aromatic nitrogens is 3. The predicted molar refractivity (Wildman–Crippen MR) is 84.8 cm³/mol. The zero-order chi connectivity index (χ0) is 15.0. The van der Waals surface area contributed by atoms with Crippen molar-refractivity contribution in [2.24, 2.45) is 0 Å². The molecule has 4 nitrogen and oxygen atoms in total. The van der Waals surface area contributed by atoms with Gasteiger partial charge in [0.15, 0.2) is 0 Å². The first-order chi connectivity index (χ1) is 10.0. The molecule has 0 unspecified atom stereocenters. The lowest BCUT2D eigenvalue weighted by atomic mass is 10.1. The molecule has 1 N–H and O–H groups in total. The maximum absolute atomic E-state index is 4.82. The second-order valence-electron chi connectivity index (χ2n) is 6.35. The van der Waals surface area contributed by atoms with Gasteiger partial charge in [-0.2, -0.15) is 0 Å². The maximum Gasteiger partial charge on any atom is 0.138 e. The van der Waals surface area contributed by atoms with E-state index in [2.05, 4.69) is 47.8 Å². The van der Waals surface area contributed by atoms with Gasteiger partial charge in [0.1, 0.15) is 12.1 Å². The van der Waals surface area contributed by atoms with E-state index in [9.17, 15) is 0 Å². The molecule has 0 saturated heterocycles. The second kappa shape index (κ2) is 5.60. The highest BCUT2D eigenvalue weighted by Crippen LogP contribution is 2.22. The molecule has 0 atom stereocenters. The summed E-state index contributed by atoms with van der Waals surface area (Å²) in [7, 11) is 0. The molecule has 0 amide bonds. The molecule has 1 aliphatic carbocycles. The summed E-state index contributed by atoms with van der Waals surface area (Å²) in [5.74, 6) is 1.40. The topological polar surface area (TPSA) is 42.7 Å². The number of imidazole rings is 1. The van der Waals surface area contributed by atoms with Gasteiger partial charge in [-0.25, -0.2) is 9.97 Å². The fourth-order valence-corrected chi connectivity index (χ4v) is 2.39. The standard InChI is InChI=1S/C17H24N4/c1-11(2)16-7-14(9-18-15-5-6-15)8-17(20-16)21-10-19-12(3)13(21)4/h7-8,10-11,15,18H,5-6,9H2,1-4H3. The Morgan fingerprint density at radius 1 is 1.29 bits per heavy atom. The molecule has 0 aliphatic heterocycles. The third-order valence-electron chi connectivity index (χ3n) is 4.15. The minimum Gasteiger partial charge on any atom is -0.310 e. The van der Waals surface area contributed by atoms with E-state index in [1.165, 1.54) is 18.4 Å². The second-order valence-corrected chi connectivity index (χ2v) is 6.35. The Balaban J connectivity index is 1.95. The molecule has 0 radical (unpaired) electrons. The molecule has 2 aromatic rings. The Morgan fingerprint density at radius 2 is 2.05 bits per heavy atom. The normalized spacial score (nSPS) is 14.9. The highest BCUT2D eigenvalue weighted by molar-refractivity contribution is 5.34. The smallest absolute Gasteiger partial charge is 0.138 e. The van der Waals surface area contributed by atoms with Crippen molar-refractivity contribution in [3.05, 3.63) is 41.1 Å². The van der Waals surface area contributed by atoms with E-state index >= 15 is 0 Å². The van der Waals surface area contributed by atoms with E-state index in [1.807, 2.05) is 13.3 Å². The third-order valence-corrected chi connectivity index (χ3v) is 4.15. The predicted octanol–water partition coefficient (Wildman–Crippen LogP) is 3.26. The number of hydrogen-bond acceptors (Lipinski definition) is 3. The lowest BCUT2D eigenvalue weighted by molar-refractivity contribution is 0.682.